The Hall–Kier alpha value is -1.23. The lowest BCUT2D eigenvalue weighted by Crippen LogP contribution is -2.28. The van der Waals surface area contributed by atoms with Gasteiger partial charge in [-0.15, -0.1) is 21.5 Å². The molecule has 1 fully saturated rings. The molecule has 1 aliphatic rings. The van der Waals surface area contributed by atoms with E-state index in [2.05, 4.69) is 16.8 Å². The van der Waals surface area contributed by atoms with Gasteiger partial charge in [0.05, 0.1) is 6.04 Å². The zero-order valence-electron chi connectivity index (χ0n) is 7.72. The molecule has 0 bridgehead atoms. The quantitative estimate of drug-likeness (QED) is 0.691. The number of carbonyl (C=O) groups excluding carboxylic acids is 1. The minimum atomic E-state index is -0.0114. The lowest BCUT2D eigenvalue weighted by Gasteiger charge is -2.20. The molecule has 5 heteroatoms. The van der Waals surface area contributed by atoms with Crippen LogP contribution in [0.2, 0.25) is 0 Å². The molecule has 1 saturated heterocycles. The largest absolute Gasteiger partial charge is 0.330 e. The van der Waals surface area contributed by atoms with Crippen LogP contribution in [0.25, 0.3) is 0 Å². The minimum absolute atomic E-state index is 0.0114. The molecule has 74 valence electrons. The van der Waals surface area contributed by atoms with E-state index in [1.165, 1.54) is 17.4 Å². The minimum Gasteiger partial charge on any atom is -0.330 e. The summed E-state index contributed by atoms with van der Waals surface area (Å²) < 4.78 is 0. The second-order valence-electron chi connectivity index (χ2n) is 3.17. The predicted octanol–water partition coefficient (Wildman–Crippen LogP) is 1.39. The summed E-state index contributed by atoms with van der Waals surface area (Å²) in [6.45, 7) is 4.30. The highest BCUT2D eigenvalue weighted by Crippen LogP contribution is 2.32. The SMILES string of the molecule is C=CC(=O)N1CCCC1c1nncs1. The van der Waals surface area contributed by atoms with Crippen LogP contribution in [0.3, 0.4) is 0 Å². The fraction of sp³-hybridized carbons (Fsp3) is 0.444. The van der Waals surface area contributed by atoms with E-state index in [9.17, 15) is 4.79 Å². The Balaban J connectivity index is 2.19. The van der Waals surface area contributed by atoms with E-state index < -0.39 is 0 Å². The van der Waals surface area contributed by atoms with Gasteiger partial charge in [0.1, 0.15) is 10.5 Å². The number of amides is 1. The molecule has 1 aromatic rings. The summed E-state index contributed by atoms with van der Waals surface area (Å²) in [5.41, 5.74) is 1.70. The third-order valence-electron chi connectivity index (χ3n) is 2.37. The van der Waals surface area contributed by atoms with Crippen LogP contribution in [0.5, 0.6) is 0 Å². The molecule has 0 N–H and O–H groups in total. The van der Waals surface area contributed by atoms with Crippen LogP contribution in [-0.4, -0.2) is 27.5 Å². The lowest BCUT2D eigenvalue weighted by molar-refractivity contribution is -0.126. The normalized spacial score (nSPS) is 21.1. The van der Waals surface area contributed by atoms with Crippen molar-refractivity contribution in [2.75, 3.05) is 6.54 Å². The predicted molar refractivity (Wildman–Crippen MR) is 53.8 cm³/mol. The van der Waals surface area contributed by atoms with E-state index in [1.54, 1.807) is 5.51 Å². The summed E-state index contributed by atoms with van der Waals surface area (Å²) in [5, 5.41) is 8.73. The van der Waals surface area contributed by atoms with Gasteiger partial charge in [-0.05, 0) is 18.9 Å². The highest BCUT2D eigenvalue weighted by atomic mass is 32.1. The van der Waals surface area contributed by atoms with Crippen molar-refractivity contribution in [2.45, 2.75) is 18.9 Å². The first-order valence-corrected chi connectivity index (χ1v) is 5.40. The maximum atomic E-state index is 11.5. The first-order chi connectivity index (χ1) is 6.83. The zero-order chi connectivity index (χ0) is 9.97. The van der Waals surface area contributed by atoms with Crippen LogP contribution < -0.4 is 0 Å². The fourth-order valence-corrected chi connectivity index (χ4v) is 2.43. The maximum absolute atomic E-state index is 11.5. The average Bonchev–Trinajstić information content (AvgIpc) is 2.85. The van der Waals surface area contributed by atoms with E-state index in [0.29, 0.717) is 0 Å². The molecule has 0 spiro atoms. The number of likely N-dealkylation sites (tertiary alicyclic amines) is 1. The number of rotatable bonds is 2. The summed E-state index contributed by atoms with van der Waals surface area (Å²) in [4.78, 5) is 13.3. The van der Waals surface area contributed by atoms with E-state index in [0.717, 1.165) is 24.4 Å². The molecule has 1 aliphatic heterocycles. The molecule has 14 heavy (non-hydrogen) atoms. The van der Waals surface area contributed by atoms with Crippen molar-refractivity contribution < 1.29 is 4.79 Å². The van der Waals surface area contributed by atoms with Crippen LogP contribution in [0.1, 0.15) is 23.9 Å². The van der Waals surface area contributed by atoms with Crippen LogP contribution in [0.15, 0.2) is 18.2 Å². The Morgan fingerprint density at radius 1 is 1.79 bits per heavy atom. The molecule has 0 saturated carbocycles. The molecule has 1 aromatic heterocycles. The third kappa shape index (κ3) is 1.55. The first-order valence-electron chi connectivity index (χ1n) is 4.52. The highest BCUT2D eigenvalue weighted by molar-refractivity contribution is 7.09. The van der Waals surface area contributed by atoms with E-state index in [1.807, 2.05) is 4.90 Å². The zero-order valence-corrected chi connectivity index (χ0v) is 8.54. The monoisotopic (exact) mass is 209 g/mol. The van der Waals surface area contributed by atoms with E-state index in [4.69, 9.17) is 0 Å². The van der Waals surface area contributed by atoms with Gasteiger partial charge in [-0.1, -0.05) is 6.58 Å². The topological polar surface area (TPSA) is 46.1 Å². The van der Waals surface area contributed by atoms with Gasteiger partial charge < -0.3 is 4.90 Å². The van der Waals surface area contributed by atoms with Gasteiger partial charge >= 0.3 is 0 Å². The van der Waals surface area contributed by atoms with Crippen LogP contribution >= 0.6 is 11.3 Å². The van der Waals surface area contributed by atoms with Gasteiger partial charge in [0.25, 0.3) is 0 Å². The fourth-order valence-electron chi connectivity index (χ4n) is 1.73. The molecule has 0 aliphatic carbocycles. The maximum Gasteiger partial charge on any atom is 0.246 e. The number of nitrogens with zero attached hydrogens (tertiary/aromatic N) is 3. The van der Waals surface area contributed by atoms with Gasteiger partial charge in [0.15, 0.2) is 0 Å². The molecule has 4 nitrogen and oxygen atoms in total. The molecule has 1 unspecified atom stereocenters. The lowest BCUT2D eigenvalue weighted by atomic mass is 10.2. The van der Waals surface area contributed by atoms with Gasteiger partial charge in [0, 0.05) is 6.54 Å². The van der Waals surface area contributed by atoms with Crippen molar-refractivity contribution in [3.63, 3.8) is 0 Å². The van der Waals surface area contributed by atoms with E-state index in [-0.39, 0.29) is 11.9 Å². The van der Waals surface area contributed by atoms with Crippen molar-refractivity contribution >= 4 is 17.2 Å². The molecule has 2 rings (SSSR count). The molecule has 1 amide bonds. The van der Waals surface area contributed by atoms with Crippen molar-refractivity contribution in [3.8, 4) is 0 Å². The van der Waals surface area contributed by atoms with Crippen molar-refractivity contribution in [2.24, 2.45) is 0 Å². The molecular formula is C9H11N3OS. The van der Waals surface area contributed by atoms with Crippen molar-refractivity contribution in [1.29, 1.82) is 0 Å². The Kier molecular flexibility index (Phi) is 2.58. The summed E-state index contributed by atoms with van der Waals surface area (Å²) >= 11 is 1.50. The van der Waals surface area contributed by atoms with Crippen LogP contribution in [0, 0.1) is 0 Å². The Bertz CT molecular complexity index is 336. The van der Waals surface area contributed by atoms with Crippen LogP contribution in [-0.2, 0) is 4.79 Å². The summed E-state index contributed by atoms with van der Waals surface area (Å²) in [5.74, 6) is -0.0114. The molecule has 0 radical (unpaired) electrons. The van der Waals surface area contributed by atoms with Crippen molar-refractivity contribution in [1.82, 2.24) is 15.1 Å². The Morgan fingerprint density at radius 2 is 2.64 bits per heavy atom. The molecule has 0 aromatic carbocycles. The van der Waals surface area contributed by atoms with Crippen molar-refractivity contribution in [3.05, 3.63) is 23.2 Å². The molecular weight excluding hydrogens is 198 g/mol. The standard InChI is InChI=1S/C9H11N3OS/c1-2-8(13)12-5-3-4-7(12)9-11-10-6-14-9/h2,6-7H,1,3-5H2. The highest BCUT2D eigenvalue weighted by Gasteiger charge is 2.30. The molecule has 2 heterocycles. The second-order valence-corrected chi connectivity index (χ2v) is 4.04. The smallest absolute Gasteiger partial charge is 0.246 e. The van der Waals surface area contributed by atoms with Gasteiger partial charge in [-0.25, -0.2) is 0 Å². The van der Waals surface area contributed by atoms with Gasteiger partial charge in [0.2, 0.25) is 5.91 Å². The molecule has 1 atom stereocenters. The average molecular weight is 209 g/mol. The Morgan fingerprint density at radius 3 is 3.29 bits per heavy atom. The van der Waals surface area contributed by atoms with E-state index >= 15 is 0 Å². The summed E-state index contributed by atoms with van der Waals surface area (Å²) in [7, 11) is 0. The number of carbonyl (C=O) groups is 1. The van der Waals surface area contributed by atoms with Gasteiger partial charge in [-0.3, -0.25) is 4.79 Å². The second kappa shape index (κ2) is 3.88. The third-order valence-corrected chi connectivity index (χ3v) is 3.17. The summed E-state index contributed by atoms with van der Waals surface area (Å²) in [6.07, 6.45) is 3.37. The number of hydrogen-bond acceptors (Lipinski definition) is 4. The number of hydrogen-bond donors (Lipinski definition) is 0. The van der Waals surface area contributed by atoms with Crippen LogP contribution in [0.4, 0.5) is 0 Å². The number of aromatic nitrogens is 2. The van der Waals surface area contributed by atoms with Gasteiger partial charge in [-0.2, -0.15) is 0 Å². The first kappa shape index (κ1) is 9.33. The summed E-state index contributed by atoms with van der Waals surface area (Å²) in [6, 6.07) is 0.119. The Labute approximate surface area is 86.3 Å².